The van der Waals surface area contributed by atoms with Gasteiger partial charge in [-0.25, -0.2) is 0 Å². The van der Waals surface area contributed by atoms with E-state index in [0.29, 0.717) is 11.3 Å². The molecular weight excluding hydrogens is 362 g/mol. The van der Waals surface area contributed by atoms with E-state index in [4.69, 9.17) is 0 Å². The number of fused-ring (bicyclic) bond motifs is 1. The van der Waals surface area contributed by atoms with Crippen LogP contribution in [-0.4, -0.2) is 24.5 Å². The van der Waals surface area contributed by atoms with Crippen LogP contribution in [0, 0.1) is 11.3 Å². The molecule has 1 aliphatic carbocycles. The van der Waals surface area contributed by atoms with Crippen LogP contribution >= 0.6 is 0 Å². The zero-order valence-electron chi connectivity index (χ0n) is 20.3. The number of hydrogen-bond acceptors (Lipinski definition) is 1. The maximum absolute atomic E-state index is 2.77. The average Bonchev–Trinajstić information content (AvgIpc) is 2.79. The van der Waals surface area contributed by atoms with Crippen LogP contribution in [0.3, 0.4) is 0 Å². The summed E-state index contributed by atoms with van der Waals surface area (Å²) in [5, 5.41) is 2.83. The Morgan fingerprint density at radius 2 is 1.57 bits per heavy atom. The molecule has 4 rings (SSSR count). The molecule has 1 saturated carbocycles. The van der Waals surface area contributed by atoms with Crippen LogP contribution in [0.1, 0.15) is 96.6 Å². The third kappa shape index (κ3) is 5.47. The fourth-order valence-corrected chi connectivity index (χ4v) is 5.69. The molecule has 0 aromatic heterocycles. The summed E-state index contributed by atoms with van der Waals surface area (Å²) in [7, 11) is 0. The van der Waals surface area contributed by atoms with Crippen molar-refractivity contribution in [3.05, 3.63) is 47.5 Å². The van der Waals surface area contributed by atoms with Gasteiger partial charge in [0, 0.05) is 12.5 Å². The lowest BCUT2D eigenvalue weighted by molar-refractivity contribution is 0.107. The van der Waals surface area contributed by atoms with Gasteiger partial charge in [-0.2, -0.15) is 0 Å². The van der Waals surface area contributed by atoms with Gasteiger partial charge in [-0.1, -0.05) is 90.3 Å². The highest BCUT2D eigenvalue weighted by molar-refractivity contribution is 5.84. The van der Waals surface area contributed by atoms with Crippen molar-refractivity contribution in [2.45, 2.75) is 91.9 Å². The Bertz CT molecular complexity index is 778. The SMILES string of the molecule is CC.CCc1ccc2cc(C(CN3CCC(C)CC3)C3(C)CCCCC3)ccc2c1. The van der Waals surface area contributed by atoms with Crippen LogP contribution in [0.5, 0.6) is 0 Å². The van der Waals surface area contributed by atoms with Gasteiger partial charge in [0.05, 0.1) is 0 Å². The molecule has 0 amide bonds. The van der Waals surface area contributed by atoms with Crippen LogP contribution in [0.2, 0.25) is 0 Å². The first-order valence-electron chi connectivity index (χ1n) is 12.8. The smallest absolute Gasteiger partial charge is 0.00555 e. The second kappa shape index (κ2) is 10.8. The van der Waals surface area contributed by atoms with Crippen molar-refractivity contribution in [3.63, 3.8) is 0 Å². The summed E-state index contributed by atoms with van der Waals surface area (Å²) in [5.41, 5.74) is 3.48. The lowest BCUT2D eigenvalue weighted by Crippen LogP contribution is -2.41. The fraction of sp³-hybridized carbons (Fsp3) is 0.655. The summed E-state index contributed by atoms with van der Waals surface area (Å²) < 4.78 is 0. The Kier molecular flexibility index (Phi) is 8.40. The molecule has 1 atom stereocenters. The Morgan fingerprint density at radius 3 is 2.23 bits per heavy atom. The predicted molar refractivity (Wildman–Crippen MR) is 133 cm³/mol. The van der Waals surface area contributed by atoms with E-state index in [2.05, 4.69) is 62.1 Å². The summed E-state index contributed by atoms with van der Waals surface area (Å²) in [4.78, 5) is 2.77. The highest BCUT2D eigenvalue weighted by atomic mass is 15.1. The predicted octanol–water partition coefficient (Wildman–Crippen LogP) is 8.21. The quantitative estimate of drug-likeness (QED) is 0.482. The van der Waals surface area contributed by atoms with E-state index in [1.165, 1.54) is 80.9 Å². The number of aryl methyl sites for hydroxylation is 1. The van der Waals surface area contributed by atoms with Crippen LogP contribution < -0.4 is 0 Å². The van der Waals surface area contributed by atoms with Gasteiger partial charge in [-0.3, -0.25) is 0 Å². The van der Waals surface area contributed by atoms with Crippen LogP contribution in [0.25, 0.3) is 10.8 Å². The zero-order chi connectivity index (χ0) is 21.6. The van der Waals surface area contributed by atoms with Crippen molar-refractivity contribution in [2.24, 2.45) is 11.3 Å². The molecule has 0 radical (unpaired) electrons. The van der Waals surface area contributed by atoms with Crippen LogP contribution in [0.4, 0.5) is 0 Å². The van der Waals surface area contributed by atoms with Gasteiger partial charge in [-0.05, 0) is 78.4 Å². The molecule has 2 aliphatic rings. The topological polar surface area (TPSA) is 3.24 Å². The number of nitrogens with zero attached hydrogens (tertiary/aromatic N) is 1. The summed E-state index contributed by atoms with van der Waals surface area (Å²) in [5.74, 6) is 1.57. The van der Waals surface area contributed by atoms with Crippen LogP contribution in [-0.2, 0) is 6.42 Å². The highest BCUT2D eigenvalue weighted by Gasteiger charge is 2.37. The second-order valence-corrected chi connectivity index (χ2v) is 10.0. The fourth-order valence-electron chi connectivity index (χ4n) is 5.69. The van der Waals surface area contributed by atoms with E-state index in [1.54, 1.807) is 5.56 Å². The summed E-state index contributed by atoms with van der Waals surface area (Å²) in [6.45, 7) is 15.1. The summed E-state index contributed by atoms with van der Waals surface area (Å²) in [6, 6.07) is 14.4. The molecule has 2 aromatic rings. The van der Waals surface area contributed by atoms with Gasteiger partial charge < -0.3 is 4.90 Å². The molecule has 0 bridgehead atoms. The zero-order valence-corrected chi connectivity index (χ0v) is 20.3. The van der Waals surface area contributed by atoms with E-state index < -0.39 is 0 Å². The van der Waals surface area contributed by atoms with E-state index >= 15 is 0 Å². The minimum Gasteiger partial charge on any atom is -0.303 e. The Balaban J connectivity index is 0.00000124. The molecule has 1 heterocycles. The molecule has 1 unspecified atom stereocenters. The third-order valence-electron chi connectivity index (χ3n) is 7.89. The number of benzene rings is 2. The van der Waals surface area contributed by atoms with Crippen molar-refractivity contribution in [3.8, 4) is 0 Å². The maximum Gasteiger partial charge on any atom is 0.00555 e. The first kappa shape index (κ1) is 23.3. The number of piperidine rings is 1. The number of hydrogen-bond donors (Lipinski definition) is 0. The van der Waals surface area contributed by atoms with Gasteiger partial charge in [-0.15, -0.1) is 0 Å². The minimum atomic E-state index is 0.457. The lowest BCUT2D eigenvalue weighted by atomic mass is 9.64. The molecule has 2 aromatic carbocycles. The molecule has 1 heteroatoms. The van der Waals surface area contributed by atoms with E-state index in [0.717, 1.165) is 12.3 Å². The van der Waals surface area contributed by atoms with E-state index in [-0.39, 0.29) is 0 Å². The molecule has 1 aliphatic heterocycles. The number of likely N-dealkylation sites (tertiary alicyclic amines) is 1. The van der Waals surface area contributed by atoms with Crippen molar-refractivity contribution in [1.82, 2.24) is 4.90 Å². The largest absolute Gasteiger partial charge is 0.303 e. The Morgan fingerprint density at radius 1 is 0.933 bits per heavy atom. The minimum absolute atomic E-state index is 0.457. The molecule has 30 heavy (non-hydrogen) atoms. The maximum atomic E-state index is 2.77. The second-order valence-electron chi connectivity index (χ2n) is 10.0. The van der Waals surface area contributed by atoms with Crippen molar-refractivity contribution in [2.75, 3.05) is 19.6 Å². The summed E-state index contributed by atoms with van der Waals surface area (Å²) >= 11 is 0. The molecule has 0 N–H and O–H groups in total. The standard InChI is InChI=1S/C27H39N.C2H6/c1-4-22-8-9-24-19-25(11-10-23(24)18-22)26(27(3)14-6-5-7-15-27)20-28-16-12-21(2)13-17-28;1-2/h8-11,18-19,21,26H,4-7,12-17,20H2,1-3H3;1-2H3. The van der Waals surface area contributed by atoms with E-state index in [1.807, 2.05) is 13.8 Å². The van der Waals surface area contributed by atoms with Gasteiger partial charge in [0.25, 0.3) is 0 Å². The van der Waals surface area contributed by atoms with Gasteiger partial charge >= 0.3 is 0 Å². The van der Waals surface area contributed by atoms with Crippen molar-refractivity contribution < 1.29 is 0 Å². The van der Waals surface area contributed by atoms with Gasteiger partial charge in [0.1, 0.15) is 0 Å². The van der Waals surface area contributed by atoms with E-state index in [9.17, 15) is 0 Å². The molecule has 166 valence electrons. The molecule has 0 spiro atoms. The number of rotatable bonds is 5. The van der Waals surface area contributed by atoms with Crippen molar-refractivity contribution in [1.29, 1.82) is 0 Å². The molecular formula is C29H45N. The van der Waals surface area contributed by atoms with Crippen LogP contribution in [0.15, 0.2) is 36.4 Å². The highest BCUT2D eigenvalue weighted by Crippen LogP contribution is 2.48. The Labute approximate surface area is 186 Å². The summed E-state index contributed by atoms with van der Waals surface area (Å²) in [6.07, 6.45) is 10.9. The van der Waals surface area contributed by atoms with Gasteiger partial charge in [0.2, 0.25) is 0 Å². The first-order chi connectivity index (χ1) is 14.6. The molecule has 1 nitrogen and oxygen atoms in total. The third-order valence-corrected chi connectivity index (χ3v) is 7.89. The Hall–Kier alpha value is -1.34. The van der Waals surface area contributed by atoms with Crippen molar-refractivity contribution >= 4 is 10.8 Å². The lowest BCUT2D eigenvalue weighted by Gasteiger charge is -2.44. The molecule has 2 fully saturated rings. The normalized spacial score (nSPS) is 21.1. The first-order valence-corrected chi connectivity index (χ1v) is 12.8. The van der Waals surface area contributed by atoms with Gasteiger partial charge in [0.15, 0.2) is 0 Å². The monoisotopic (exact) mass is 407 g/mol. The average molecular weight is 408 g/mol. The molecule has 1 saturated heterocycles.